The van der Waals surface area contributed by atoms with Gasteiger partial charge < -0.3 is 9.32 Å². The Morgan fingerprint density at radius 2 is 1.73 bits per heavy atom. The van der Waals surface area contributed by atoms with Crippen LogP contribution in [0.25, 0.3) is 16.9 Å². The van der Waals surface area contributed by atoms with Gasteiger partial charge in [0.15, 0.2) is 5.76 Å². The fraction of sp³-hybridized carbons (Fsp3) is 0.136. The lowest BCUT2D eigenvalue weighted by Crippen LogP contribution is -2.34. The Bertz CT molecular complexity index is 959. The highest BCUT2D eigenvalue weighted by Gasteiger charge is 2.22. The number of halogens is 1. The molecule has 3 aromatic rings. The molecule has 4 heteroatoms. The molecule has 2 heterocycles. The van der Waals surface area contributed by atoms with Crippen molar-refractivity contribution in [2.45, 2.75) is 6.42 Å². The summed E-state index contributed by atoms with van der Waals surface area (Å²) in [5.74, 6) is 0.0639. The molecule has 0 saturated carbocycles. The highest BCUT2D eigenvalue weighted by molar-refractivity contribution is 5.92. The van der Waals surface area contributed by atoms with Crippen molar-refractivity contribution in [1.29, 1.82) is 0 Å². The maximum atomic E-state index is 13.9. The zero-order valence-electron chi connectivity index (χ0n) is 14.2. The van der Waals surface area contributed by atoms with E-state index in [2.05, 4.69) is 18.2 Å². The number of amides is 1. The summed E-state index contributed by atoms with van der Waals surface area (Å²) in [6.07, 6.45) is 2.88. The molecule has 2 aromatic carbocycles. The molecule has 0 atom stereocenters. The van der Waals surface area contributed by atoms with Crippen molar-refractivity contribution in [3.8, 4) is 11.3 Å². The highest BCUT2D eigenvalue weighted by atomic mass is 19.1. The van der Waals surface area contributed by atoms with Gasteiger partial charge in [-0.3, -0.25) is 4.79 Å². The Kier molecular flexibility index (Phi) is 4.40. The van der Waals surface area contributed by atoms with Crippen LogP contribution in [0.1, 0.15) is 22.5 Å². The maximum Gasteiger partial charge on any atom is 0.289 e. The summed E-state index contributed by atoms with van der Waals surface area (Å²) in [5.41, 5.74) is 2.80. The Hall–Kier alpha value is -3.14. The molecule has 0 bridgehead atoms. The molecule has 0 saturated heterocycles. The monoisotopic (exact) mass is 347 g/mol. The number of nitrogens with zero attached hydrogens (tertiary/aromatic N) is 1. The lowest BCUT2D eigenvalue weighted by atomic mass is 9.99. The van der Waals surface area contributed by atoms with Crippen LogP contribution in [-0.4, -0.2) is 23.9 Å². The van der Waals surface area contributed by atoms with Crippen LogP contribution in [0.15, 0.2) is 77.2 Å². The lowest BCUT2D eigenvalue weighted by molar-refractivity contribution is 0.0742. The van der Waals surface area contributed by atoms with Gasteiger partial charge in [0.1, 0.15) is 11.6 Å². The van der Waals surface area contributed by atoms with E-state index in [9.17, 15) is 9.18 Å². The van der Waals surface area contributed by atoms with E-state index in [-0.39, 0.29) is 17.5 Å². The fourth-order valence-corrected chi connectivity index (χ4v) is 3.18. The Morgan fingerprint density at radius 1 is 0.962 bits per heavy atom. The van der Waals surface area contributed by atoms with Crippen LogP contribution in [0.3, 0.4) is 0 Å². The maximum absolute atomic E-state index is 13.9. The molecule has 1 amide bonds. The first-order valence-corrected chi connectivity index (χ1v) is 8.61. The molecule has 1 aromatic heterocycles. The van der Waals surface area contributed by atoms with Crippen molar-refractivity contribution >= 4 is 11.5 Å². The molecule has 1 aliphatic rings. The van der Waals surface area contributed by atoms with Gasteiger partial charge in [-0.15, -0.1) is 0 Å². The first-order chi connectivity index (χ1) is 12.7. The molecule has 3 nitrogen and oxygen atoms in total. The minimum absolute atomic E-state index is 0.170. The van der Waals surface area contributed by atoms with Gasteiger partial charge in [0.25, 0.3) is 5.91 Å². The first kappa shape index (κ1) is 16.3. The first-order valence-electron chi connectivity index (χ1n) is 8.61. The summed E-state index contributed by atoms with van der Waals surface area (Å²) < 4.78 is 19.5. The highest BCUT2D eigenvalue weighted by Crippen LogP contribution is 2.27. The van der Waals surface area contributed by atoms with Gasteiger partial charge in [0.2, 0.25) is 0 Å². The van der Waals surface area contributed by atoms with Crippen LogP contribution in [0, 0.1) is 5.82 Å². The number of hydrogen-bond acceptors (Lipinski definition) is 2. The third-order valence-corrected chi connectivity index (χ3v) is 4.60. The van der Waals surface area contributed by atoms with Crippen molar-refractivity contribution in [2.24, 2.45) is 0 Å². The van der Waals surface area contributed by atoms with E-state index < -0.39 is 0 Å². The SMILES string of the molecule is O=C(c1ccc(-c2ccccc2F)o1)N1CC=C(c2ccccc2)CC1. The third-order valence-electron chi connectivity index (χ3n) is 4.60. The smallest absolute Gasteiger partial charge is 0.289 e. The van der Waals surface area contributed by atoms with Crippen molar-refractivity contribution in [1.82, 2.24) is 4.90 Å². The largest absolute Gasteiger partial charge is 0.451 e. The minimum Gasteiger partial charge on any atom is -0.451 e. The third kappa shape index (κ3) is 3.18. The summed E-state index contributed by atoms with van der Waals surface area (Å²) >= 11 is 0. The number of carbonyl (C=O) groups excluding carboxylic acids is 1. The zero-order valence-corrected chi connectivity index (χ0v) is 14.2. The van der Waals surface area contributed by atoms with Crippen LogP contribution < -0.4 is 0 Å². The molecule has 0 aliphatic carbocycles. The Balaban J connectivity index is 1.50. The summed E-state index contributed by atoms with van der Waals surface area (Å²) in [5, 5.41) is 0. The summed E-state index contributed by atoms with van der Waals surface area (Å²) in [7, 11) is 0. The van der Waals surface area contributed by atoms with Crippen LogP contribution >= 0.6 is 0 Å². The zero-order chi connectivity index (χ0) is 17.9. The second-order valence-corrected chi connectivity index (χ2v) is 6.24. The molecule has 4 rings (SSSR count). The quantitative estimate of drug-likeness (QED) is 0.667. The minimum atomic E-state index is -0.366. The predicted molar refractivity (Wildman–Crippen MR) is 99.0 cm³/mol. The van der Waals surface area contributed by atoms with Crippen LogP contribution in [0.4, 0.5) is 4.39 Å². The summed E-state index contributed by atoms with van der Waals surface area (Å²) in [6, 6.07) is 19.8. The normalized spacial score (nSPS) is 14.2. The molecule has 0 unspecified atom stereocenters. The van der Waals surface area contributed by atoms with Crippen LogP contribution in [-0.2, 0) is 0 Å². The molecular weight excluding hydrogens is 329 g/mol. The topological polar surface area (TPSA) is 33.5 Å². The van der Waals surface area contributed by atoms with Crippen LogP contribution in [0.5, 0.6) is 0 Å². The Morgan fingerprint density at radius 3 is 2.46 bits per heavy atom. The number of carbonyl (C=O) groups is 1. The average molecular weight is 347 g/mol. The predicted octanol–water partition coefficient (Wildman–Crippen LogP) is 5.02. The average Bonchev–Trinajstić information content (AvgIpc) is 3.18. The van der Waals surface area contributed by atoms with Gasteiger partial charge in [-0.1, -0.05) is 48.5 Å². The van der Waals surface area contributed by atoms with E-state index in [4.69, 9.17) is 4.42 Å². The standard InChI is InChI=1S/C22H18FNO2/c23-19-9-5-4-8-18(19)20-10-11-21(26-20)22(25)24-14-12-17(13-15-24)16-6-2-1-3-7-16/h1-12H,13-15H2. The van der Waals surface area contributed by atoms with Gasteiger partial charge in [0.05, 0.1) is 5.56 Å². The van der Waals surface area contributed by atoms with Crippen molar-refractivity contribution in [3.05, 3.63) is 89.9 Å². The summed E-state index contributed by atoms with van der Waals surface area (Å²) in [6.45, 7) is 1.17. The van der Waals surface area contributed by atoms with Crippen LogP contribution in [0.2, 0.25) is 0 Å². The summed E-state index contributed by atoms with van der Waals surface area (Å²) in [4.78, 5) is 14.4. The van der Waals surface area contributed by atoms with Crippen molar-refractivity contribution in [2.75, 3.05) is 13.1 Å². The molecule has 0 spiro atoms. The van der Waals surface area contributed by atoms with Gasteiger partial charge in [-0.2, -0.15) is 0 Å². The van der Waals surface area contributed by atoms with E-state index in [1.807, 2.05) is 18.2 Å². The Labute approximate surface area is 151 Å². The fourth-order valence-electron chi connectivity index (χ4n) is 3.18. The van der Waals surface area contributed by atoms with Crippen molar-refractivity contribution in [3.63, 3.8) is 0 Å². The van der Waals surface area contributed by atoms with E-state index in [1.165, 1.54) is 17.2 Å². The number of benzene rings is 2. The van der Waals surface area contributed by atoms with Gasteiger partial charge in [-0.25, -0.2) is 4.39 Å². The number of furan rings is 1. The lowest BCUT2D eigenvalue weighted by Gasteiger charge is -2.25. The van der Waals surface area contributed by atoms with Gasteiger partial charge in [0, 0.05) is 13.1 Å². The molecular formula is C22H18FNO2. The van der Waals surface area contributed by atoms with Gasteiger partial charge >= 0.3 is 0 Å². The molecule has 1 aliphatic heterocycles. The van der Waals surface area contributed by atoms with E-state index in [1.54, 1.807) is 35.2 Å². The van der Waals surface area contributed by atoms with E-state index in [0.717, 1.165) is 6.42 Å². The number of hydrogen-bond donors (Lipinski definition) is 0. The second kappa shape index (κ2) is 7.00. The molecule has 130 valence electrons. The molecule has 0 N–H and O–H groups in total. The van der Waals surface area contributed by atoms with Crippen molar-refractivity contribution < 1.29 is 13.6 Å². The van der Waals surface area contributed by atoms with Gasteiger partial charge in [-0.05, 0) is 41.8 Å². The van der Waals surface area contributed by atoms with E-state index in [0.29, 0.717) is 24.4 Å². The molecule has 0 radical (unpaired) electrons. The number of rotatable bonds is 3. The van der Waals surface area contributed by atoms with E-state index >= 15 is 0 Å². The molecule has 0 fully saturated rings. The molecule has 26 heavy (non-hydrogen) atoms. The second-order valence-electron chi connectivity index (χ2n) is 6.24.